The van der Waals surface area contributed by atoms with E-state index in [1.54, 1.807) is 60.9 Å². The molecular formula is C27H27N4O6PS. The molecule has 2 aliphatic heterocycles. The van der Waals surface area contributed by atoms with Gasteiger partial charge in [0.25, 0.3) is 0 Å². The lowest BCUT2D eigenvalue weighted by atomic mass is 10.1. The zero-order valence-electron chi connectivity index (χ0n) is 21.5. The van der Waals surface area contributed by atoms with E-state index >= 15 is 0 Å². The standard InChI is InChI=1S/C27H27N4O6PS/c1-27(2)34-22-20(33-26(23(22)35-27)31-17-30-21-24(31)28-16-29-25(21)39-3)14-15-38(32,36-18-10-6-4-7-11-18)37-19-12-8-5-9-13-19/h4-17,20,22-23,26H,1-3H3/b15-14+/t20-,22-,23-,26-/m1/s1. The molecule has 0 bridgehead atoms. The molecule has 0 unspecified atom stereocenters. The number of nitrogens with zero attached hydrogens (tertiary/aromatic N) is 4. The number of aromatic nitrogens is 4. The second kappa shape index (κ2) is 10.4. The summed E-state index contributed by atoms with van der Waals surface area (Å²) in [7, 11) is -3.81. The number of hydrogen-bond acceptors (Lipinski definition) is 10. The van der Waals surface area contributed by atoms with Crippen LogP contribution in [0.4, 0.5) is 0 Å². The van der Waals surface area contributed by atoms with Crippen LogP contribution in [0.25, 0.3) is 11.2 Å². The maximum Gasteiger partial charge on any atom is 0.455 e. The summed E-state index contributed by atoms with van der Waals surface area (Å²) in [4.78, 5) is 13.3. The molecule has 2 aromatic carbocycles. The lowest BCUT2D eigenvalue weighted by Gasteiger charge is -2.24. The van der Waals surface area contributed by atoms with E-state index in [1.807, 2.05) is 36.8 Å². The highest BCUT2D eigenvalue weighted by atomic mass is 32.2. The zero-order chi connectivity index (χ0) is 27.0. The topological polar surface area (TPSA) is 107 Å². The SMILES string of the molecule is CSc1ncnc2c1ncn2[C@@H]1O[C@H](/C=C/P(=O)(Oc2ccccc2)Oc2ccccc2)[C@H]2OC(C)(C)O[C@H]21. The normalized spacial score (nSPS) is 24.3. The van der Waals surface area contributed by atoms with E-state index in [0.717, 1.165) is 5.03 Å². The van der Waals surface area contributed by atoms with Crippen LogP contribution < -0.4 is 9.05 Å². The van der Waals surface area contributed by atoms with E-state index in [4.69, 9.17) is 23.3 Å². The van der Waals surface area contributed by atoms with E-state index in [9.17, 15) is 4.57 Å². The van der Waals surface area contributed by atoms with Gasteiger partial charge in [-0.2, -0.15) is 0 Å². The number of thioether (sulfide) groups is 1. The molecule has 4 heterocycles. The van der Waals surface area contributed by atoms with Crippen LogP contribution in [-0.4, -0.2) is 49.9 Å². The number of para-hydroxylation sites is 2. The third-order valence-corrected chi connectivity index (χ3v) is 8.42. The molecule has 4 aromatic rings. The Morgan fingerprint density at radius 3 is 2.23 bits per heavy atom. The van der Waals surface area contributed by atoms with Crippen molar-refractivity contribution in [1.82, 2.24) is 19.5 Å². The molecule has 0 aliphatic carbocycles. The molecule has 10 nitrogen and oxygen atoms in total. The highest BCUT2D eigenvalue weighted by molar-refractivity contribution is 7.98. The van der Waals surface area contributed by atoms with Crippen LogP contribution in [0.1, 0.15) is 20.1 Å². The van der Waals surface area contributed by atoms with Crippen molar-refractivity contribution in [2.24, 2.45) is 0 Å². The first kappa shape index (κ1) is 26.0. The van der Waals surface area contributed by atoms with Crippen LogP contribution in [0.3, 0.4) is 0 Å². The van der Waals surface area contributed by atoms with Crippen molar-refractivity contribution < 1.29 is 27.8 Å². The van der Waals surface area contributed by atoms with Gasteiger partial charge in [0, 0.05) is 0 Å². The van der Waals surface area contributed by atoms with Crippen LogP contribution in [0.5, 0.6) is 11.5 Å². The van der Waals surface area contributed by atoms with Crippen molar-refractivity contribution >= 4 is 30.5 Å². The first-order chi connectivity index (χ1) is 18.8. The minimum atomic E-state index is -3.81. The molecule has 2 aliphatic rings. The van der Waals surface area contributed by atoms with E-state index in [1.165, 1.54) is 23.9 Å². The van der Waals surface area contributed by atoms with Crippen molar-refractivity contribution in [2.75, 3.05) is 6.26 Å². The summed E-state index contributed by atoms with van der Waals surface area (Å²) in [6, 6.07) is 17.8. The molecule has 0 N–H and O–H groups in total. The predicted octanol–water partition coefficient (Wildman–Crippen LogP) is 5.83. The largest absolute Gasteiger partial charge is 0.455 e. The van der Waals surface area contributed by atoms with Gasteiger partial charge in [-0.05, 0) is 50.4 Å². The molecule has 2 saturated heterocycles. The number of rotatable bonds is 8. The second-order valence-electron chi connectivity index (χ2n) is 9.45. The monoisotopic (exact) mass is 566 g/mol. The molecule has 0 amide bonds. The average Bonchev–Trinajstić information content (AvgIpc) is 3.59. The minimum absolute atomic E-state index is 0.417. The molecule has 12 heteroatoms. The minimum Gasteiger partial charge on any atom is -0.413 e. The fourth-order valence-electron chi connectivity index (χ4n) is 4.68. The van der Waals surface area contributed by atoms with Gasteiger partial charge in [-0.3, -0.25) is 4.57 Å². The Labute approximate surface area is 229 Å². The van der Waals surface area contributed by atoms with Crippen LogP contribution in [-0.2, 0) is 18.8 Å². The van der Waals surface area contributed by atoms with Crippen LogP contribution in [0.15, 0.2) is 90.2 Å². The Kier molecular flexibility index (Phi) is 6.95. The first-order valence-corrected chi connectivity index (χ1v) is 15.2. The summed E-state index contributed by atoms with van der Waals surface area (Å²) >= 11 is 1.49. The summed E-state index contributed by atoms with van der Waals surface area (Å²) in [6.07, 6.45) is 4.61. The number of imidazole rings is 1. The summed E-state index contributed by atoms with van der Waals surface area (Å²) in [5.74, 6) is 1.41. The second-order valence-corrected chi connectivity index (χ2v) is 12.0. The van der Waals surface area contributed by atoms with Crippen LogP contribution in [0.2, 0.25) is 0 Å². The quantitative estimate of drug-likeness (QED) is 0.147. The van der Waals surface area contributed by atoms with E-state index in [0.29, 0.717) is 22.7 Å². The lowest BCUT2D eigenvalue weighted by molar-refractivity contribution is -0.191. The van der Waals surface area contributed by atoms with Gasteiger partial charge < -0.3 is 23.3 Å². The lowest BCUT2D eigenvalue weighted by Crippen LogP contribution is -2.28. The Balaban J connectivity index is 1.33. The third-order valence-electron chi connectivity index (χ3n) is 6.27. The van der Waals surface area contributed by atoms with Crippen molar-refractivity contribution in [3.8, 4) is 11.5 Å². The summed E-state index contributed by atoms with van der Waals surface area (Å²) in [6.45, 7) is 3.70. The highest BCUT2D eigenvalue weighted by Crippen LogP contribution is 2.51. The summed E-state index contributed by atoms with van der Waals surface area (Å²) in [5, 5.41) is 0.769. The summed E-state index contributed by atoms with van der Waals surface area (Å²) < 4.78 is 46.5. The molecular weight excluding hydrogens is 539 g/mol. The molecule has 2 fully saturated rings. The zero-order valence-corrected chi connectivity index (χ0v) is 23.2. The van der Waals surface area contributed by atoms with E-state index in [2.05, 4.69) is 15.0 Å². The fourth-order valence-corrected chi connectivity index (χ4v) is 6.54. The van der Waals surface area contributed by atoms with Gasteiger partial charge in [0.1, 0.15) is 46.7 Å². The molecule has 0 spiro atoms. The van der Waals surface area contributed by atoms with Crippen molar-refractivity contribution in [3.63, 3.8) is 0 Å². The van der Waals surface area contributed by atoms with Gasteiger partial charge in [-0.25, -0.2) is 19.5 Å². The predicted molar refractivity (Wildman–Crippen MR) is 146 cm³/mol. The molecule has 0 radical (unpaired) electrons. The molecule has 0 saturated carbocycles. The van der Waals surface area contributed by atoms with Gasteiger partial charge in [0.05, 0.1) is 12.1 Å². The van der Waals surface area contributed by atoms with Gasteiger partial charge >= 0.3 is 7.60 Å². The molecule has 6 rings (SSSR count). The van der Waals surface area contributed by atoms with Gasteiger partial charge in [0.15, 0.2) is 17.7 Å². The Morgan fingerprint density at radius 1 is 0.949 bits per heavy atom. The number of benzene rings is 2. The van der Waals surface area contributed by atoms with Crippen molar-refractivity contribution in [3.05, 3.63) is 85.2 Å². The Hall–Kier alpha value is -3.21. The fraction of sp³-hybridized carbons (Fsp3) is 0.296. The van der Waals surface area contributed by atoms with Crippen molar-refractivity contribution in [2.45, 2.75) is 49.2 Å². The number of ether oxygens (including phenoxy) is 3. The Bertz CT molecular complexity index is 1490. The van der Waals surface area contributed by atoms with Gasteiger partial charge in [-0.1, -0.05) is 36.4 Å². The number of fused-ring (bicyclic) bond motifs is 2. The maximum absolute atomic E-state index is 14.0. The first-order valence-electron chi connectivity index (χ1n) is 12.4. The summed E-state index contributed by atoms with van der Waals surface area (Å²) in [5.41, 5.74) is 1.31. The van der Waals surface area contributed by atoms with Gasteiger partial charge in [-0.15, -0.1) is 11.8 Å². The molecule has 2 aromatic heterocycles. The highest BCUT2D eigenvalue weighted by Gasteiger charge is 2.55. The third kappa shape index (κ3) is 5.33. The van der Waals surface area contributed by atoms with Crippen LogP contribution >= 0.6 is 19.4 Å². The maximum atomic E-state index is 14.0. The molecule has 39 heavy (non-hydrogen) atoms. The average molecular weight is 567 g/mol. The van der Waals surface area contributed by atoms with Crippen molar-refractivity contribution in [1.29, 1.82) is 0 Å². The smallest absolute Gasteiger partial charge is 0.413 e. The molecule has 4 atom stereocenters. The molecule has 202 valence electrons. The van der Waals surface area contributed by atoms with Crippen LogP contribution in [0, 0.1) is 0 Å². The van der Waals surface area contributed by atoms with E-state index in [-0.39, 0.29) is 0 Å². The number of hydrogen-bond donors (Lipinski definition) is 0. The van der Waals surface area contributed by atoms with Gasteiger partial charge in [0.2, 0.25) is 0 Å². The van der Waals surface area contributed by atoms with E-state index < -0.39 is 37.9 Å². The Morgan fingerprint density at radius 2 is 1.59 bits per heavy atom.